The predicted molar refractivity (Wildman–Crippen MR) is 53.1 cm³/mol. The number of aryl methyl sites for hydroxylation is 1. The fraction of sp³-hybridized carbons (Fsp3) is 0.100. The summed E-state index contributed by atoms with van der Waals surface area (Å²) >= 11 is 0. The van der Waals surface area contributed by atoms with E-state index in [9.17, 15) is 4.79 Å². The van der Waals surface area contributed by atoms with Gasteiger partial charge in [-0.1, -0.05) is 6.07 Å². The van der Waals surface area contributed by atoms with Crippen molar-refractivity contribution in [3.8, 4) is 5.82 Å². The first kappa shape index (κ1) is 9.39. The largest absolute Gasteiger partial charge is 0.478 e. The summed E-state index contributed by atoms with van der Waals surface area (Å²) in [7, 11) is 0. The fourth-order valence-corrected chi connectivity index (χ4v) is 1.28. The molecule has 0 atom stereocenters. The summed E-state index contributed by atoms with van der Waals surface area (Å²) in [6, 6.07) is 5.37. The number of hydrogen-bond donors (Lipinski definition) is 1. The Balaban J connectivity index is 2.48. The zero-order valence-electron chi connectivity index (χ0n) is 8.08. The van der Waals surface area contributed by atoms with Crippen LogP contribution in [0, 0.1) is 6.92 Å². The Morgan fingerprint density at radius 1 is 1.47 bits per heavy atom. The first-order valence-electron chi connectivity index (χ1n) is 4.39. The molecule has 0 radical (unpaired) electrons. The minimum absolute atomic E-state index is 0.195. The van der Waals surface area contributed by atoms with Gasteiger partial charge in [0.15, 0.2) is 5.82 Å². The van der Waals surface area contributed by atoms with E-state index in [1.807, 2.05) is 6.07 Å². The molecule has 0 aliphatic carbocycles. The highest BCUT2D eigenvalue weighted by Crippen LogP contribution is 2.09. The molecule has 2 aromatic heterocycles. The minimum Gasteiger partial charge on any atom is -0.478 e. The van der Waals surface area contributed by atoms with Crippen LogP contribution >= 0.6 is 0 Å². The average molecular weight is 203 g/mol. The van der Waals surface area contributed by atoms with E-state index in [0.29, 0.717) is 11.5 Å². The van der Waals surface area contributed by atoms with Crippen molar-refractivity contribution in [2.45, 2.75) is 6.92 Å². The number of nitrogens with zero attached hydrogens (tertiary/aromatic N) is 3. The normalized spacial score (nSPS) is 10.2. The SMILES string of the molecule is Cc1nn(-c2ccccn2)cc1C(=O)O. The predicted octanol–water partition coefficient (Wildman–Crippen LogP) is 1.27. The van der Waals surface area contributed by atoms with Gasteiger partial charge in [0.05, 0.1) is 5.69 Å². The number of pyridine rings is 1. The van der Waals surface area contributed by atoms with Gasteiger partial charge in [-0.05, 0) is 19.1 Å². The quantitative estimate of drug-likeness (QED) is 0.798. The summed E-state index contributed by atoms with van der Waals surface area (Å²) in [5.41, 5.74) is 0.675. The molecule has 0 aliphatic rings. The molecule has 0 spiro atoms. The van der Waals surface area contributed by atoms with Crippen LogP contribution in [-0.2, 0) is 0 Å². The zero-order valence-corrected chi connectivity index (χ0v) is 8.08. The number of aromatic carboxylic acids is 1. The lowest BCUT2D eigenvalue weighted by Crippen LogP contribution is -1.97. The maximum absolute atomic E-state index is 10.8. The van der Waals surface area contributed by atoms with Gasteiger partial charge in [0.25, 0.3) is 0 Å². The second kappa shape index (κ2) is 3.53. The van der Waals surface area contributed by atoms with Gasteiger partial charge in [0.2, 0.25) is 0 Å². The van der Waals surface area contributed by atoms with Crippen molar-refractivity contribution in [1.29, 1.82) is 0 Å². The van der Waals surface area contributed by atoms with E-state index in [1.165, 1.54) is 10.9 Å². The summed E-state index contributed by atoms with van der Waals surface area (Å²) in [6.07, 6.45) is 3.09. The number of carbonyl (C=O) groups is 1. The summed E-state index contributed by atoms with van der Waals surface area (Å²) < 4.78 is 1.46. The molecule has 0 fully saturated rings. The molecular formula is C10H9N3O2. The monoisotopic (exact) mass is 203 g/mol. The first-order valence-corrected chi connectivity index (χ1v) is 4.39. The third kappa shape index (κ3) is 1.71. The van der Waals surface area contributed by atoms with Crippen LogP contribution in [0.1, 0.15) is 16.1 Å². The Kier molecular flexibility index (Phi) is 2.21. The summed E-state index contributed by atoms with van der Waals surface area (Å²) in [5, 5.41) is 12.9. The molecule has 5 heteroatoms. The molecule has 0 aliphatic heterocycles. The number of hydrogen-bond acceptors (Lipinski definition) is 3. The fourth-order valence-electron chi connectivity index (χ4n) is 1.28. The van der Waals surface area contributed by atoms with Crippen LogP contribution in [0.2, 0.25) is 0 Å². The van der Waals surface area contributed by atoms with E-state index < -0.39 is 5.97 Å². The van der Waals surface area contributed by atoms with Gasteiger partial charge in [-0.15, -0.1) is 0 Å². The molecule has 2 rings (SSSR count). The van der Waals surface area contributed by atoms with Crippen LogP contribution in [0.5, 0.6) is 0 Å². The zero-order chi connectivity index (χ0) is 10.8. The number of rotatable bonds is 2. The highest BCUT2D eigenvalue weighted by molar-refractivity contribution is 5.88. The molecule has 0 unspecified atom stereocenters. The number of carboxylic acid groups (broad SMARTS) is 1. The highest BCUT2D eigenvalue weighted by atomic mass is 16.4. The summed E-state index contributed by atoms with van der Waals surface area (Å²) in [4.78, 5) is 14.9. The molecule has 0 aromatic carbocycles. The first-order chi connectivity index (χ1) is 7.18. The highest BCUT2D eigenvalue weighted by Gasteiger charge is 2.12. The Labute approximate surface area is 86.0 Å². The van der Waals surface area contributed by atoms with Crippen molar-refractivity contribution < 1.29 is 9.90 Å². The minimum atomic E-state index is -0.977. The Hall–Kier alpha value is -2.17. The second-order valence-electron chi connectivity index (χ2n) is 3.07. The number of aromatic nitrogens is 3. The standard InChI is InChI=1S/C10H9N3O2/c1-7-8(10(14)15)6-13(12-7)9-4-2-3-5-11-9/h2-6H,1H3,(H,14,15). The molecule has 15 heavy (non-hydrogen) atoms. The molecule has 5 nitrogen and oxygen atoms in total. The molecule has 76 valence electrons. The second-order valence-corrected chi connectivity index (χ2v) is 3.07. The van der Waals surface area contributed by atoms with Crippen molar-refractivity contribution in [2.75, 3.05) is 0 Å². The van der Waals surface area contributed by atoms with E-state index in [-0.39, 0.29) is 5.56 Å². The summed E-state index contributed by atoms with van der Waals surface area (Å²) in [5.74, 6) is -0.372. The van der Waals surface area contributed by atoms with Crippen LogP contribution < -0.4 is 0 Å². The van der Waals surface area contributed by atoms with Gasteiger partial charge in [-0.2, -0.15) is 5.10 Å². The van der Waals surface area contributed by atoms with E-state index in [1.54, 1.807) is 25.3 Å². The maximum atomic E-state index is 10.8. The average Bonchev–Trinajstić information content (AvgIpc) is 2.62. The maximum Gasteiger partial charge on any atom is 0.339 e. The van der Waals surface area contributed by atoms with Gasteiger partial charge < -0.3 is 5.11 Å². The third-order valence-electron chi connectivity index (χ3n) is 2.01. The van der Waals surface area contributed by atoms with Crippen molar-refractivity contribution >= 4 is 5.97 Å². The van der Waals surface area contributed by atoms with Crippen molar-refractivity contribution in [3.63, 3.8) is 0 Å². The topological polar surface area (TPSA) is 68.0 Å². The Bertz CT molecular complexity index is 491. The van der Waals surface area contributed by atoms with Crippen molar-refractivity contribution in [1.82, 2.24) is 14.8 Å². The van der Waals surface area contributed by atoms with Gasteiger partial charge in [-0.25, -0.2) is 14.5 Å². The Morgan fingerprint density at radius 2 is 2.27 bits per heavy atom. The molecule has 0 saturated heterocycles. The Morgan fingerprint density at radius 3 is 2.80 bits per heavy atom. The van der Waals surface area contributed by atoms with Crippen LogP contribution in [0.25, 0.3) is 5.82 Å². The smallest absolute Gasteiger partial charge is 0.339 e. The molecule has 2 aromatic rings. The van der Waals surface area contributed by atoms with Gasteiger partial charge in [-0.3, -0.25) is 0 Å². The van der Waals surface area contributed by atoms with Gasteiger partial charge >= 0.3 is 5.97 Å². The third-order valence-corrected chi connectivity index (χ3v) is 2.01. The lowest BCUT2D eigenvalue weighted by molar-refractivity contribution is 0.0696. The summed E-state index contributed by atoms with van der Waals surface area (Å²) in [6.45, 7) is 1.66. The molecule has 1 N–H and O–H groups in total. The van der Waals surface area contributed by atoms with E-state index in [0.717, 1.165) is 0 Å². The lowest BCUT2D eigenvalue weighted by Gasteiger charge is -1.97. The molecule has 0 amide bonds. The van der Waals surface area contributed by atoms with Crippen LogP contribution in [-0.4, -0.2) is 25.8 Å². The molecule has 0 saturated carbocycles. The van der Waals surface area contributed by atoms with Crippen LogP contribution in [0.3, 0.4) is 0 Å². The van der Waals surface area contributed by atoms with Crippen molar-refractivity contribution in [3.05, 3.63) is 41.9 Å². The van der Waals surface area contributed by atoms with E-state index in [4.69, 9.17) is 5.11 Å². The van der Waals surface area contributed by atoms with Crippen LogP contribution in [0.4, 0.5) is 0 Å². The van der Waals surface area contributed by atoms with Crippen LogP contribution in [0.15, 0.2) is 30.6 Å². The molecule has 0 bridgehead atoms. The molecular weight excluding hydrogens is 194 g/mol. The van der Waals surface area contributed by atoms with E-state index >= 15 is 0 Å². The van der Waals surface area contributed by atoms with Crippen molar-refractivity contribution in [2.24, 2.45) is 0 Å². The molecule has 2 heterocycles. The lowest BCUT2D eigenvalue weighted by atomic mass is 10.3. The van der Waals surface area contributed by atoms with E-state index in [2.05, 4.69) is 10.1 Å². The van der Waals surface area contributed by atoms with Gasteiger partial charge in [0, 0.05) is 12.4 Å². The number of carboxylic acids is 1. The van der Waals surface area contributed by atoms with Gasteiger partial charge in [0.1, 0.15) is 5.56 Å².